The zero-order valence-electron chi connectivity index (χ0n) is 10.6. The summed E-state index contributed by atoms with van der Waals surface area (Å²) in [7, 11) is 1.84. The topological polar surface area (TPSA) is 48.0 Å². The third-order valence-electron chi connectivity index (χ3n) is 3.58. The Kier molecular flexibility index (Phi) is 2.20. The highest BCUT2D eigenvalue weighted by atomic mass is 35.5. The molecule has 0 saturated carbocycles. The molecule has 4 aromatic rings. The van der Waals surface area contributed by atoms with E-state index in [1.807, 2.05) is 41.9 Å². The maximum Gasteiger partial charge on any atom is 0.362 e. The average molecular weight is 285 g/mol. The molecule has 0 atom stereocenters. The van der Waals surface area contributed by atoms with Gasteiger partial charge in [0, 0.05) is 39.9 Å². The molecule has 0 spiro atoms. The van der Waals surface area contributed by atoms with E-state index in [9.17, 15) is 4.79 Å². The zero-order valence-corrected chi connectivity index (χ0v) is 11.3. The SMILES string of the molecule is Cn1c2ccc(Cl)cc2c2c3cccnc3oc(=O)c21. The van der Waals surface area contributed by atoms with Crippen molar-refractivity contribution < 1.29 is 4.42 Å². The largest absolute Gasteiger partial charge is 0.402 e. The second kappa shape index (κ2) is 3.84. The van der Waals surface area contributed by atoms with Crippen LogP contribution in [0.4, 0.5) is 0 Å². The number of halogens is 1. The summed E-state index contributed by atoms with van der Waals surface area (Å²) in [5.41, 5.74) is 1.43. The van der Waals surface area contributed by atoms with Gasteiger partial charge in [-0.25, -0.2) is 9.78 Å². The van der Waals surface area contributed by atoms with Crippen LogP contribution in [0, 0.1) is 0 Å². The predicted molar refractivity (Wildman–Crippen MR) is 79.3 cm³/mol. The molecule has 0 aliphatic rings. The summed E-state index contributed by atoms with van der Waals surface area (Å²) >= 11 is 6.09. The smallest absolute Gasteiger partial charge is 0.362 e. The van der Waals surface area contributed by atoms with E-state index in [2.05, 4.69) is 4.98 Å². The number of rotatable bonds is 0. The van der Waals surface area contributed by atoms with Gasteiger partial charge in [0.2, 0.25) is 5.71 Å². The Labute approximate surface area is 118 Å². The van der Waals surface area contributed by atoms with Crippen molar-refractivity contribution in [1.82, 2.24) is 9.55 Å². The maximum absolute atomic E-state index is 12.2. The second-order valence-corrected chi connectivity index (χ2v) is 5.13. The minimum atomic E-state index is -0.388. The number of aromatic nitrogens is 2. The summed E-state index contributed by atoms with van der Waals surface area (Å²) in [5, 5.41) is 3.22. The lowest BCUT2D eigenvalue weighted by Gasteiger charge is -1.98. The molecule has 4 nitrogen and oxygen atoms in total. The highest BCUT2D eigenvalue weighted by molar-refractivity contribution is 6.32. The Morgan fingerprint density at radius 3 is 2.95 bits per heavy atom. The van der Waals surface area contributed by atoms with Gasteiger partial charge in [0.15, 0.2) is 0 Å². The number of aryl methyl sites for hydroxylation is 1. The standard InChI is InChI=1S/C15H9ClN2O2/c1-18-11-5-4-8(16)7-10(11)12-9-3-2-6-17-14(9)20-15(19)13(12)18/h2-7H,1H3. The van der Waals surface area contributed by atoms with Gasteiger partial charge in [-0.15, -0.1) is 0 Å². The molecule has 0 saturated heterocycles. The third kappa shape index (κ3) is 1.37. The van der Waals surface area contributed by atoms with Gasteiger partial charge < -0.3 is 8.98 Å². The molecular formula is C15H9ClN2O2. The molecule has 0 fully saturated rings. The average Bonchev–Trinajstić information content (AvgIpc) is 2.73. The minimum absolute atomic E-state index is 0.345. The molecule has 3 heterocycles. The van der Waals surface area contributed by atoms with Crippen LogP contribution in [0.1, 0.15) is 0 Å². The van der Waals surface area contributed by atoms with Crippen molar-refractivity contribution in [3.05, 3.63) is 52.0 Å². The number of benzene rings is 1. The zero-order chi connectivity index (χ0) is 13.9. The normalized spacial score (nSPS) is 11.7. The summed E-state index contributed by atoms with van der Waals surface area (Å²) < 4.78 is 7.13. The first-order valence-electron chi connectivity index (χ1n) is 6.12. The molecule has 5 heteroatoms. The minimum Gasteiger partial charge on any atom is -0.402 e. The van der Waals surface area contributed by atoms with Crippen molar-refractivity contribution in [3.63, 3.8) is 0 Å². The Balaban J connectivity index is 2.46. The van der Waals surface area contributed by atoms with Crippen LogP contribution in [0.2, 0.25) is 5.02 Å². The Morgan fingerprint density at radius 1 is 1.25 bits per heavy atom. The highest BCUT2D eigenvalue weighted by Crippen LogP contribution is 2.32. The summed E-state index contributed by atoms with van der Waals surface area (Å²) in [6.07, 6.45) is 1.61. The fraction of sp³-hybridized carbons (Fsp3) is 0.0667. The molecule has 0 amide bonds. The van der Waals surface area contributed by atoms with Gasteiger partial charge in [0.25, 0.3) is 0 Å². The van der Waals surface area contributed by atoms with Crippen molar-refractivity contribution in [1.29, 1.82) is 0 Å². The number of hydrogen-bond donors (Lipinski definition) is 0. The van der Waals surface area contributed by atoms with Gasteiger partial charge in [0.1, 0.15) is 5.52 Å². The molecule has 3 aromatic heterocycles. The van der Waals surface area contributed by atoms with Crippen molar-refractivity contribution in [2.75, 3.05) is 0 Å². The quantitative estimate of drug-likeness (QED) is 0.497. The van der Waals surface area contributed by atoms with E-state index in [1.165, 1.54) is 0 Å². The van der Waals surface area contributed by atoms with Crippen molar-refractivity contribution in [2.45, 2.75) is 0 Å². The first kappa shape index (κ1) is 11.5. The van der Waals surface area contributed by atoms with Crippen LogP contribution in [0.25, 0.3) is 32.9 Å². The van der Waals surface area contributed by atoms with Gasteiger partial charge in [-0.1, -0.05) is 11.6 Å². The van der Waals surface area contributed by atoms with E-state index >= 15 is 0 Å². The van der Waals surface area contributed by atoms with Gasteiger partial charge in [-0.05, 0) is 30.3 Å². The van der Waals surface area contributed by atoms with E-state index in [0.29, 0.717) is 16.3 Å². The van der Waals surface area contributed by atoms with Gasteiger partial charge >= 0.3 is 5.63 Å². The number of hydrogen-bond acceptors (Lipinski definition) is 3. The lowest BCUT2D eigenvalue weighted by atomic mass is 10.1. The van der Waals surface area contributed by atoms with Crippen LogP contribution in [-0.4, -0.2) is 9.55 Å². The van der Waals surface area contributed by atoms with Gasteiger partial charge in [0.05, 0.1) is 0 Å². The van der Waals surface area contributed by atoms with E-state index in [-0.39, 0.29) is 5.63 Å². The fourth-order valence-corrected chi connectivity index (χ4v) is 2.90. The molecule has 0 bridgehead atoms. The lowest BCUT2D eigenvalue weighted by molar-refractivity contribution is 0.554. The molecule has 98 valence electrons. The van der Waals surface area contributed by atoms with E-state index in [1.54, 1.807) is 6.20 Å². The van der Waals surface area contributed by atoms with Crippen LogP contribution >= 0.6 is 11.6 Å². The number of nitrogens with zero attached hydrogens (tertiary/aromatic N) is 2. The molecule has 4 rings (SSSR count). The van der Waals surface area contributed by atoms with Crippen molar-refractivity contribution >= 4 is 44.5 Å². The maximum atomic E-state index is 12.2. The highest BCUT2D eigenvalue weighted by Gasteiger charge is 2.16. The van der Waals surface area contributed by atoms with E-state index in [4.69, 9.17) is 16.0 Å². The van der Waals surface area contributed by atoms with Crippen LogP contribution < -0.4 is 5.63 Å². The number of pyridine rings is 1. The molecule has 1 aromatic carbocycles. The first-order chi connectivity index (χ1) is 9.66. The molecule has 0 N–H and O–H groups in total. The van der Waals surface area contributed by atoms with Crippen LogP contribution in [0.15, 0.2) is 45.7 Å². The Morgan fingerprint density at radius 2 is 2.10 bits per heavy atom. The molecule has 0 aliphatic heterocycles. The van der Waals surface area contributed by atoms with E-state index < -0.39 is 0 Å². The summed E-state index contributed by atoms with van der Waals surface area (Å²) in [5.74, 6) is 0. The van der Waals surface area contributed by atoms with Crippen molar-refractivity contribution in [3.8, 4) is 0 Å². The lowest BCUT2D eigenvalue weighted by Crippen LogP contribution is -2.04. The molecule has 0 radical (unpaired) electrons. The van der Waals surface area contributed by atoms with Crippen LogP contribution in [0.5, 0.6) is 0 Å². The monoisotopic (exact) mass is 284 g/mol. The second-order valence-electron chi connectivity index (χ2n) is 4.69. The van der Waals surface area contributed by atoms with E-state index in [0.717, 1.165) is 21.7 Å². The van der Waals surface area contributed by atoms with Gasteiger partial charge in [-0.2, -0.15) is 0 Å². The Hall–Kier alpha value is -2.33. The molecule has 0 unspecified atom stereocenters. The van der Waals surface area contributed by atoms with Crippen molar-refractivity contribution in [2.24, 2.45) is 7.05 Å². The first-order valence-corrected chi connectivity index (χ1v) is 6.50. The Bertz CT molecular complexity index is 1050. The summed E-state index contributed by atoms with van der Waals surface area (Å²) in [4.78, 5) is 16.3. The predicted octanol–water partition coefficient (Wildman–Crippen LogP) is 3.49. The summed E-state index contributed by atoms with van der Waals surface area (Å²) in [6, 6.07) is 9.30. The number of fused-ring (bicyclic) bond motifs is 5. The van der Waals surface area contributed by atoms with Crippen LogP contribution in [-0.2, 0) is 7.05 Å². The third-order valence-corrected chi connectivity index (χ3v) is 3.82. The molecule has 0 aliphatic carbocycles. The summed E-state index contributed by atoms with van der Waals surface area (Å²) in [6.45, 7) is 0. The fourth-order valence-electron chi connectivity index (χ4n) is 2.73. The van der Waals surface area contributed by atoms with Gasteiger partial charge in [-0.3, -0.25) is 0 Å². The van der Waals surface area contributed by atoms with Crippen LogP contribution in [0.3, 0.4) is 0 Å². The molecule has 20 heavy (non-hydrogen) atoms. The molecular weight excluding hydrogens is 276 g/mol.